The molecule has 1 amide bonds. The van der Waals surface area contributed by atoms with Crippen molar-refractivity contribution in [3.63, 3.8) is 0 Å². The molecule has 3 rings (SSSR count). The molecular weight excluding hydrogens is 320 g/mol. The third-order valence-electron chi connectivity index (χ3n) is 4.56. The molecule has 0 bridgehead atoms. The summed E-state index contributed by atoms with van der Waals surface area (Å²) in [6, 6.07) is 8.14. The highest BCUT2D eigenvalue weighted by atomic mass is 32.2. The van der Waals surface area contributed by atoms with Crippen molar-refractivity contribution in [2.24, 2.45) is 13.0 Å². The van der Waals surface area contributed by atoms with Crippen LogP contribution in [-0.2, 0) is 11.8 Å². The molecule has 0 unspecified atom stereocenters. The van der Waals surface area contributed by atoms with E-state index in [1.807, 2.05) is 34.7 Å². The van der Waals surface area contributed by atoms with Crippen LogP contribution in [0.3, 0.4) is 0 Å². The van der Waals surface area contributed by atoms with Gasteiger partial charge >= 0.3 is 0 Å². The fourth-order valence-electron chi connectivity index (χ4n) is 3.13. The van der Waals surface area contributed by atoms with Gasteiger partial charge in [-0.3, -0.25) is 4.79 Å². The van der Waals surface area contributed by atoms with E-state index >= 15 is 0 Å². The number of nitrogens with zero attached hydrogens (tertiary/aromatic N) is 4. The molecule has 1 aromatic heterocycles. The predicted molar refractivity (Wildman–Crippen MR) is 96.9 cm³/mol. The van der Waals surface area contributed by atoms with Crippen LogP contribution in [-0.4, -0.2) is 44.4 Å². The Morgan fingerprint density at radius 2 is 2.12 bits per heavy atom. The van der Waals surface area contributed by atoms with Crippen molar-refractivity contribution >= 4 is 17.7 Å². The first-order valence-corrected chi connectivity index (χ1v) is 9.40. The van der Waals surface area contributed by atoms with E-state index in [1.165, 1.54) is 23.7 Å². The second-order valence-electron chi connectivity index (χ2n) is 6.56. The molecule has 1 aliphatic rings. The van der Waals surface area contributed by atoms with Gasteiger partial charge in [0.05, 0.1) is 5.75 Å². The van der Waals surface area contributed by atoms with E-state index < -0.39 is 0 Å². The zero-order valence-corrected chi connectivity index (χ0v) is 15.3. The van der Waals surface area contributed by atoms with Crippen molar-refractivity contribution in [2.75, 3.05) is 18.8 Å². The first kappa shape index (κ1) is 17.0. The van der Waals surface area contributed by atoms with Gasteiger partial charge in [0.15, 0.2) is 11.0 Å². The van der Waals surface area contributed by atoms with Crippen LogP contribution in [0.25, 0.3) is 11.4 Å². The number of aryl methyl sites for hydroxylation is 1. The Labute approximate surface area is 147 Å². The van der Waals surface area contributed by atoms with E-state index in [-0.39, 0.29) is 5.91 Å². The Morgan fingerprint density at radius 3 is 2.88 bits per heavy atom. The summed E-state index contributed by atoms with van der Waals surface area (Å²) in [4.78, 5) is 14.4. The third kappa shape index (κ3) is 3.64. The molecule has 0 N–H and O–H groups in total. The average molecular weight is 344 g/mol. The van der Waals surface area contributed by atoms with Crippen LogP contribution in [0.4, 0.5) is 0 Å². The summed E-state index contributed by atoms with van der Waals surface area (Å²) in [5, 5.41) is 9.37. The molecule has 1 saturated heterocycles. The Morgan fingerprint density at radius 1 is 1.33 bits per heavy atom. The summed E-state index contributed by atoms with van der Waals surface area (Å²) >= 11 is 1.47. The molecule has 0 saturated carbocycles. The van der Waals surface area contributed by atoms with Gasteiger partial charge in [-0.15, -0.1) is 10.2 Å². The molecule has 2 aromatic rings. The van der Waals surface area contributed by atoms with Gasteiger partial charge in [-0.1, -0.05) is 43.0 Å². The van der Waals surface area contributed by atoms with Crippen LogP contribution < -0.4 is 0 Å². The minimum absolute atomic E-state index is 0.201. The molecular formula is C18H24N4OS. The first-order valence-electron chi connectivity index (χ1n) is 8.42. The van der Waals surface area contributed by atoms with Gasteiger partial charge in [0.25, 0.3) is 0 Å². The van der Waals surface area contributed by atoms with Gasteiger partial charge in [-0.25, -0.2) is 0 Å². The standard InChI is InChI=1S/C18H24N4OS/c1-13-7-6-10-22(11-13)16(23)12-24-18-20-19-17(21(18)3)15-9-5-4-8-14(15)2/h4-5,8-9,13H,6-7,10-12H2,1-3H3/t13-/m0/s1. The lowest BCUT2D eigenvalue weighted by Crippen LogP contribution is -2.40. The molecule has 1 fully saturated rings. The average Bonchev–Trinajstić information content (AvgIpc) is 2.94. The minimum atomic E-state index is 0.201. The summed E-state index contributed by atoms with van der Waals surface area (Å²) in [6.07, 6.45) is 2.33. The summed E-state index contributed by atoms with van der Waals surface area (Å²) < 4.78 is 1.97. The van der Waals surface area contributed by atoms with Crippen molar-refractivity contribution in [3.8, 4) is 11.4 Å². The van der Waals surface area contributed by atoms with E-state index in [1.54, 1.807) is 0 Å². The Bertz CT molecular complexity index is 728. The number of carbonyl (C=O) groups excluding carboxylic acids is 1. The fraction of sp³-hybridized carbons (Fsp3) is 0.500. The maximum Gasteiger partial charge on any atom is 0.233 e. The fourth-order valence-corrected chi connectivity index (χ4v) is 3.95. The van der Waals surface area contributed by atoms with Crippen LogP contribution in [0, 0.1) is 12.8 Å². The number of rotatable bonds is 4. The zero-order valence-electron chi connectivity index (χ0n) is 14.5. The van der Waals surface area contributed by atoms with Crippen LogP contribution in [0.15, 0.2) is 29.4 Å². The SMILES string of the molecule is Cc1ccccc1-c1nnc(SCC(=O)N2CCC[C@H](C)C2)n1C. The largest absolute Gasteiger partial charge is 0.342 e. The van der Waals surface area contributed by atoms with E-state index in [0.717, 1.165) is 36.1 Å². The van der Waals surface area contributed by atoms with E-state index in [2.05, 4.69) is 30.1 Å². The maximum absolute atomic E-state index is 12.4. The van der Waals surface area contributed by atoms with Gasteiger partial charge in [-0.05, 0) is 31.2 Å². The van der Waals surface area contributed by atoms with Crippen LogP contribution in [0.5, 0.6) is 0 Å². The Hall–Kier alpha value is -1.82. The maximum atomic E-state index is 12.4. The Kier molecular flexibility index (Phi) is 5.23. The van der Waals surface area contributed by atoms with Crippen LogP contribution in [0.2, 0.25) is 0 Å². The number of piperidine rings is 1. The smallest absolute Gasteiger partial charge is 0.233 e. The minimum Gasteiger partial charge on any atom is -0.342 e. The number of hydrogen-bond donors (Lipinski definition) is 0. The van der Waals surface area contributed by atoms with E-state index in [9.17, 15) is 4.79 Å². The molecule has 6 heteroatoms. The van der Waals surface area contributed by atoms with Crippen molar-refractivity contribution in [1.82, 2.24) is 19.7 Å². The number of thioether (sulfide) groups is 1. The topological polar surface area (TPSA) is 51.0 Å². The normalized spacial score (nSPS) is 18.0. The van der Waals surface area contributed by atoms with E-state index in [0.29, 0.717) is 11.7 Å². The lowest BCUT2D eigenvalue weighted by Gasteiger charge is -2.30. The molecule has 128 valence electrons. The number of benzene rings is 1. The van der Waals surface area contributed by atoms with Crippen LogP contribution >= 0.6 is 11.8 Å². The molecule has 0 radical (unpaired) electrons. The molecule has 0 spiro atoms. The Balaban J connectivity index is 1.66. The van der Waals surface area contributed by atoms with Gasteiger partial charge in [0.2, 0.25) is 5.91 Å². The number of hydrogen-bond acceptors (Lipinski definition) is 4. The lowest BCUT2D eigenvalue weighted by molar-refractivity contribution is -0.130. The number of amides is 1. The predicted octanol–water partition coefficient (Wildman–Crippen LogP) is 3.14. The molecule has 1 atom stereocenters. The first-order chi connectivity index (χ1) is 11.6. The summed E-state index contributed by atoms with van der Waals surface area (Å²) in [5.41, 5.74) is 2.25. The van der Waals surface area contributed by atoms with Crippen molar-refractivity contribution in [1.29, 1.82) is 0 Å². The summed E-state index contributed by atoms with van der Waals surface area (Å²) in [6.45, 7) is 6.05. The number of likely N-dealkylation sites (tertiary alicyclic amines) is 1. The lowest BCUT2D eigenvalue weighted by atomic mass is 10.0. The second kappa shape index (κ2) is 7.38. The van der Waals surface area contributed by atoms with Gasteiger partial charge in [0.1, 0.15) is 0 Å². The third-order valence-corrected chi connectivity index (χ3v) is 5.56. The van der Waals surface area contributed by atoms with Crippen molar-refractivity contribution in [3.05, 3.63) is 29.8 Å². The number of carbonyl (C=O) groups is 1. The highest BCUT2D eigenvalue weighted by molar-refractivity contribution is 7.99. The van der Waals surface area contributed by atoms with Crippen molar-refractivity contribution < 1.29 is 4.79 Å². The molecule has 2 heterocycles. The zero-order chi connectivity index (χ0) is 17.1. The van der Waals surface area contributed by atoms with Crippen LogP contribution in [0.1, 0.15) is 25.3 Å². The molecule has 5 nitrogen and oxygen atoms in total. The number of aromatic nitrogens is 3. The van der Waals surface area contributed by atoms with Gasteiger partial charge in [-0.2, -0.15) is 0 Å². The van der Waals surface area contributed by atoms with Crippen molar-refractivity contribution in [2.45, 2.75) is 31.8 Å². The summed E-state index contributed by atoms with van der Waals surface area (Å²) in [5.74, 6) is 2.07. The molecule has 1 aromatic carbocycles. The summed E-state index contributed by atoms with van der Waals surface area (Å²) in [7, 11) is 1.96. The van der Waals surface area contributed by atoms with Gasteiger partial charge in [0, 0.05) is 25.7 Å². The molecule has 1 aliphatic heterocycles. The molecule has 0 aliphatic carbocycles. The van der Waals surface area contributed by atoms with E-state index in [4.69, 9.17) is 0 Å². The quantitative estimate of drug-likeness (QED) is 0.800. The second-order valence-corrected chi connectivity index (χ2v) is 7.50. The molecule has 24 heavy (non-hydrogen) atoms. The highest BCUT2D eigenvalue weighted by Gasteiger charge is 2.22. The monoisotopic (exact) mass is 344 g/mol. The van der Waals surface area contributed by atoms with Gasteiger partial charge < -0.3 is 9.47 Å². The highest BCUT2D eigenvalue weighted by Crippen LogP contribution is 2.25.